The van der Waals surface area contributed by atoms with E-state index in [0.717, 1.165) is 16.5 Å². The van der Waals surface area contributed by atoms with Crippen molar-refractivity contribution < 1.29 is 24.2 Å². The van der Waals surface area contributed by atoms with Crippen LogP contribution < -0.4 is 5.32 Å². The van der Waals surface area contributed by atoms with Crippen molar-refractivity contribution in [2.24, 2.45) is 5.92 Å². The number of carbonyl (C=O) groups is 2. The van der Waals surface area contributed by atoms with Crippen LogP contribution in [0.2, 0.25) is 0 Å². The summed E-state index contributed by atoms with van der Waals surface area (Å²) in [5, 5.41) is 14.0. The molecule has 0 unspecified atom stereocenters. The van der Waals surface area contributed by atoms with Crippen LogP contribution in [-0.2, 0) is 20.8 Å². The predicted molar refractivity (Wildman–Crippen MR) is 145 cm³/mol. The van der Waals surface area contributed by atoms with Crippen molar-refractivity contribution in [3.63, 3.8) is 0 Å². The monoisotopic (exact) mass is 508 g/mol. The summed E-state index contributed by atoms with van der Waals surface area (Å²) in [5.74, 6) is -0.936. The zero-order chi connectivity index (χ0) is 27.2. The third-order valence-corrected chi connectivity index (χ3v) is 5.82. The maximum Gasteiger partial charge on any atom is 0.419 e. The smallest absolute Gasteiger partial charge is 0.419 e. The van der Waals surface area contributed by atoms with E-state index in [0.29, 0.717) is 24.9 Å². The van der Waals surface area contributed by atoms with Gasteiger partial charge in [0.1, 0.15) is 11.2 Å². The van der Waals surface area contributed by atoms with E-state index in [-0.39, 0.29) is 12.6 Å². The number of hydrogen-bond acceptors (Lipinski definition) is 6. The summed E-state index contributed by atoms with van der Waals surface area (Å²) in [6, 6.07) is 17.1. The standard InChI is InChI=1S/C30H40N2O5/c1-29(2,3)36-27(34)23(16-12-18-33)26(31-19-21-13-8-7-9-14-21)24-20-32(28(35)37-30(4,5)6)25-17-11-10-15-22(24)25/h7-11,13-15,17,20,23,26,31,33H,12,16,18-19H2,1-6H3/t23-,26+/m1/s1. The Kier molecular flexibility index (Phi) is 9.16. The molecule has 0 radical (unpaired) electrons. The lowest BCUT2D eigenvalue weighted by Gasteiger charge is -2.30. The van der Waals surface area contributed by atoms with Gasteiger partial charge in [-0.3, -0.25) is 9.36 Å². The van der Waals surface area contributed by atoms with Crippen molar-refractivity contribution in [3.05, 3.63) is 71.9 Å². The van der Waals surface area contributed by atoms with Gasteiger partial charge in [0.15, 0.2) is 0 Å². The third kappa shape index (κ3) is 7.91. The number of hydrogen-bond donors (Lipinski definition) is 2. The first-order chi connectivity index (χ1) is 17.4. The first-order valence-corrected chi connectivity index (χ1v) is 12.8. The van der Waals surface area contributed by atoms with Gasteiger partial charge in [-0.1, -0.05) is 48.5 Å². The summed E-state index contributed by atoms with van der Waals surface area (Å²) in [7, 11) is 0. The number of aromatic nitrogens is 1. The molecule has 0 aliphatic carbocycles. The second kappa shape index (κ2) is 11.9. The lowest BCUT2D eigenvalue weighted by Crippen LogP contribution is -2.37. The number of benzene rings is 2. The van der Waals surface area contributed by atoms with E-state index in [9.17, 15) is 14.7 Å². The molecule has 0 spiro atoms. The summed E-state index contributed by atoms with van der Waals surface area (Å²) in [5.41, 5.74) is 1.24. The predicted octanol–water partition coefficient (Wildman–Crippen LogP) is 5.99. The maximum atomic E-state index is 13.5. The molecule has 0 amide bonds. The van der Waals surface area contributed by atoms with Crippen LogP contribution in [0, 0.1) is 5.92 Å². The van der Waals surface area contributed by atoms with E-state index in [1.807, 2.05) is 96.1 Å². The summed E-state index contributed by atoms with van der Waals surface area (Å²) in [6.45, 7) is 11.5. The molecular formula is C30H40N2O5. The average Bonchev–Trinajstić information content (AvgIpc) is 3.19. The Balaban J connectivity index is 2.12. The minimum Gasteiger partial charge on any atom is -0.460 e. The molecule has 0 bridgehead atoms. The second-order valence-corrected chi connectivity index (χ2v) is 11.3. The molecule has 2 atom stereocenters. The number of para-hydroxylation sites is 1. The van der Waals surface area contributed by atoms with Crippen molar-refractivity contribution in [2.75, 3.05) is 6.61 Å². The number of nitrogens with zero attached hydrogens (tertiary/aromatic N) is 1. The fourth-order valence-corrected chi connectivity index (χ4v) is 4.32. The first kappa shape index (κ1) is 28.4. The molecule has 0 aliphatic rings. The molecule has 3 aromatic rings. The highest BCUT2D eigenvalue weighted by atomic mass is 16.6. The van der Waals surface area contributed by atoms with Crippen LogP contribution in [0.1, 0.15) is 71.6 Å². The van der Waals surface area contributed by atoms with Crippen LogP contribution in [0.3, 0.4) is 0 Å². The fourth-order valence-electron chi connectivity index (χ4n) is 4.32. The Bertz CT molecular complexity index is 1190. The Morgan fingerprint density at radius 1 is 0.919 bits per heavy atom. The minimum atomic E-state index is -0.664. The van der Waals surface area contributed by atoms with E-state index < -0.39 is 29.3 Å². The molecular weight excluding hydrogens is 468 g/mol. The van der Waals surface area contributed by atoms with Gasteiger partial charge < -0.3 is 19.9 Å². The van der Waals surface area contributed by atoms with Crippen LogP contribution in [0.5, 0.6) is 0 Å². The van der Waals surface area contributed by atoms with Gasteiger partial charge in [-0.2, -0.15) is 0 Å². The Labute approximate surface area is 219 Å². The summed E-state index contributed by atoms with van der Waals surface area (Å²) in [4.78, 5) is 26.7. The lowest BCUT2D eigenvalue weighted by molar-refractivity contribution is -0.161. The molecule has 37 heavy (non-hydrogen) atoms. The molecule has 2 aromatic carbocycles. The van der Waals surface area contributed by atoms with E-state index in [1.54, 1.807) is 6.20 Å². The van der Waals surface area contributed by atoms with Crippen molar-refractivity contribution in [2.45, 2.75) is 78.2 Å². The van der Waals surface area contributed by atoms with Crippen LogP contribution in [0.15, 0.2) is 60.8 Å². The second-order valence-electron chi connectivity index (χ2n) is 11.3. The number of esters is 1. The van der Waals surface area contributed by atoms with Crippen LogP contribution in [-0.4, -0.2) is 39.5 Å². The molecule has 7 nitrogen and oxygen atoms in total. The number of fused-ring (bicyclic) bond motifs is 1. The molecule has 200 valence electrons. The quantitative estimate of drug-likeness (QED) is 0.345. The number of nitrogens with one attached hydrogen (secondary N) is 1. The first-order valence-electron chi connectivity index (χ1n) is 12.8. The summed E-state index contributed by atoms with van der Waals surface area (Å²) in [6.07, 6.45) is 2.14. The van der Waals surface area contributed by atoms with Gasteiger partial charge in [0, 0.05) is 30.8 Å². The molecule has 0 saturated heterocycles. The van der Waals surface area contributed by atoms with Crippen molar-refractivity contribution in [1.82, 2.24) is 9.88 Å². The van der Waals surface area contributed by atoms with Gasteiger partial charge in [0.2, 0.25) is 0 Å². The molecule has 3 rings (SSSR count). The van der Waals surface area contributed by atoms with Gasteiger partial charge >= 0.3 is 12.1 Å². The van der Waals surface area contributed by atoms with Crippen LogP contribution >= 0.6 is 0 Å². The maximum absolute atomic E-state index is 13.5. The number of aliphatic hydroxyl groups is 1. The van der Waals surface area contributed by atoms with E-state index in [2.05, 4.69) is 5.32 Å². The Hall–Kier alpha value is -3.16. The zero-order valence-electron chi connectivity index (χ0n) is 22.8. The van der Waals surface area contributed by atoms with Crippen molar-refractivity contribution in [1.29, 1.82) is 0 Å². The number of aliphatic hydroxyl groups excluding tert-OH is 1. The number of rotatable bonds is 9. The van der Waals surface area contributed by atoms with Crippen LogP contribution in [0.25, 0.3) is 10.9 Å². The topological polar surface area (TPSA) is 89.8 Å². The van der Waals surface area contributed by atoms with Crippen molar-refractivity contribution in [3.8, 4) is 0 Å². The number of ether oxygens (including phenoxy) is 2. The highest BCUT2D eigenvalue weighted by molar-refractivity contribution is 5.93. The largest absolute Gasteiger partial charge is 0.460 e. The summed E-state index contributed by atoms with van der Waals surface area (Å²) < 4.78 is 13.0. The molecule has 1 aromatic heterocycles. The minimum absolute atomic E-state index is 0.0373. The Morgan fingerprint density at radius 2 is 1.54 bits per heavy atom. The highest BCUT2D eigenvalue weighted by Gasteiger charge is 2.35. The molecule has 0 fully saturated rings. The molecule has 7 heteroatoms. The fraction of sp³-hybridized carbons (Fsp3) is 0.467. The summed E-state index contributed by atoms with van der Waals surface area (Å²) >= 11 is 0. The lowest BCUT2D eigenvalue weighted by atomic mass is 9.88. The van der Waals surface area contributed by atoms with Gasteiger partial charge in [0.25, 0.3) is 0 Å². The number of carbonyl (C=O) groups excluding carboxylic acids is 2. The van der Waals surface area contributed by atoms with Gasteiger partial charge in [-0.25, -0.2) is 4.79 Å². The Morgan fingerprint density at radius 3 is 2.16 bits per heavy atom. The van der Waals surface area contributed by atoms with E-state index >= 15 is 0 Å². The molecule has 2 N–H and O–H groups in total. The SMILES string of the molecule is CC(C)(C)OC(=O)[C@H](CCCO)[C@H](NCc1ccccc1)c1cn(C(=O)OC(C)(C)C)c2ccccc12. The van der Waals surface area contributed by atoms with Gasteiger partial charge in [-0.15, -0.1) is 0 Å². The highest BCUT2D eigenvalue weighted by Crippen LogP contribution is 2.35. The van der Waals surface area contributed by atoms with Gasteiger partial charge in [0.05, 0.1) is 11.4 Å². The van der Waals surface area contributed by atoms with Crippen molar-refractivity contribution >= 4 is 23.0 Å². The molecule has 1 heterocycles. The molecule has 0 saturated carbocycles. The normalized spacial score (nSPS) is 13.8. The third-order valence-electron chi connectivity index (χ3n) is 5.82. The van der Waals surface area contributed by atoms with Gasteiger partial charge in [-0.05, 0) is 71.6 Å². The average molecular weight is 509 g/mol. The zero-order valence-corrected chi connectivity index (χ0v) is 22.8. The van der Waals surface area contributed by atoms with E-state index in [1.165, 1.54) is 4.57 Å². The van der Waals surface area contributed by atoms with E-state index in [4.69, 9.17) is 9.47 Å². The van der Waals surface area contributed by atoms with Crippen LogP contribution in [0.4, 0.5) is 4.79 Å². The molecule has 0 aliphatic heterocycles.